The van der Waals surface area contributed by atoms with Crippen molar-refractivity contribution in [3.05, 3.63) is 48.2 Å². The van der Waals surface area contributed by atoms with Crippen molar-refractivity contribution in [2.24, 2.45) is 4.99 Å². The molecule has 2 rings (SSSR count). The van der Waals surface area contributed by atoms with E-state index in [-0.39, 0.29) is 12.5 Å². The molecule has 0 unspecified atom stereocenters. The minimum atomic E-state index is -0.0352. The quantitative estimate of drug-likeness (QED) is 0.409. The zero-order valence-electron chi connectivity index (χ0n) is 15.2. The molecular formula is C19H27N5O. The second-order valence-electron chi connectivity index (χ2n) is 6.11. The number of likely N-dealkylation sites (N-methyl/N-ethyl adjacent to an activating group) is 1. The van der Waals surface area contributed by atoms with Crippen molar-refractivity contribution in [2.75, 3.05) is 33.7 Å². The number of fused-ring (bicyclic) bond motifs is 1. The molecule has 25 heavy (non-hydrogen) atoms. The fourth-order valence-electron chi connectivity index (χ4n) is 2.60. The highest BCUT2D eigenvalue weighted by molar-refractivity contribution is 5.87. The number of aromatic nitrogens is 1. The number of carbonyl (C=O) groups excluding carboxylic acids is 1. The lowest BCUT2D eigenvalue weighted by Crippen LogP contribution is -2.39. The molecule has 3 N–H and O–H groups in total. The summed E-state index contributed by atoms with van der Waals surface area (Å²) in [4.78, 5) is 20.9. The van der Waals surface area contributed by atoms with Crippen LogP contribution in [0.1, 0.15) is 11.1 Å². The smallest absolute Gasteiger partial charge is 0.243 e. The SMILES string of the molecule is C=CCNC(=NCC(=O)N(C)C)NCCc1c[nH]c2cccc(C)c12. The third-order valence-electron chi connectivity index (χ3n) is 3.97. The molecule has 0 aliphatic heterocycles. The molecule has 2 aromatic rings. The molecule has 1 heterocycles. The summed E-state index contributed by atoms with van der Waals surface area (Å²) in [5.41, 5.74) is 3.70. The van der Waals surface area contributed by atoms with E-state index in [1.165, 1.54) is 21.4 Å². The van der Waals surface area contributed by atoms with Gasteiger partial charge in [0, 0.05) is 44.3 Å². The predicted octanol–water partition coefficient (Wildman–Crippen LogP) is 1.83. The van der Waals surface area contributed by atoms with Crippen LogP contribution in [0.2, 0.25) is 0 Å². The summed E-state index contributed by atoms with van der Waals surface area (Å²) in [6.45, 7) is 7.25. The van der Waals surface area contributed by atoms with E-state index >= 15 is 0 Å². The van der Waals surface area contributed by atoms with Crippen LogP contribution in [-0.4, -0.2) is 55.5 Å². The average Bonchev–Trinajstić information content (AvgIpc) is 3.01. The number of H-pyrrole nitrogens is 1. The van der Waals surface area contributed by atoms with E-state index in [4.69, 9.17) is 0 Å². The summed E-state index contributed by atoms with van der Waals surface area (Å²) >= 11 is 0. The first kappa shape index (κ1) is 18.6. The predicted molar refractivity (Wildman–Crippen MR) is 104 cm³/mol. The first-order valence-corrected chi connectivity index (χ1v) is 8.41. The van der Waals surface area contributed by atoms with E-state index in [1.807, 2.05) is 0 Å². The van der Waals surface area contributed by atoms with Crippen molar-refractivity contribution in [2.45, 2.75) is 13.3 Å². The van der Waals surface area contributed by atoms with Crippen molar-refractivity contribution in [3.8, 4) is 0 Å². The van der Waals surface area contributed by atoms with Crippen LogP contribution in [-0.2, 0) is 11.2 Å². The Hall–Kier alpha value is -2.76. The van der Waals surface area contributed by atoms with E-state index in [0.29, 0.717) is 12.5 Å². The Bertz CT molecular complexity index is 760. The van der Waals surface area contributed by atoms with Gasteiger partial charge in [-0.2, -0.15) is 0 Å². The Kier molecular flexibility index (Phi) is 6.62. The number of rotatable bonds is 7. The molecule has 0 radical (unpaired) electrons. The summed E-state index contributed by atoms with van der Waals surface area (Å²) in [6.07, 6.45) is 4.68. The van der Waals surface area contributed by atoms with E-state index in [9.17, 15) is 4.79 Å². The van der Waals surface area contributed by atoms with Crippen LogP contribution in [0.3, 0.4) is 0 Å². The number of aromatic amines is 1. The number of nitrogens with one attached hydrogen (secondary N) is 3. The Morgan fingerprint density at radius 3 is 2.88 bits per heavy atom. The first-order chi connectivity index (χ1) is 12.0. The first-order valence-electron chi connectivity index (χ1n) is 8.41. The van der Waals surface area contributed by atoms with Gasteiger partial charge >= 0.3 is 0 Å². The molecule has 0 saturated carbocycles. The lowest BCUT2D eigenvalue weighted by molar-refractivity contribution is -0.127. The van der Waals surface area contributed by atoms with Crippen LogP contribution in [0.25, 0.3) is 10.9 Å². The van der Waals surface area contributed by atoms with Gasteiger partial charge < -0.3 is 20.5 Å². The van der Waals surface area contributed by atoms with Gasteiger partial charge in [0.1, 0.15) is 6.54 Å². The molecule has 0 fully saturated rings. The molecule has 0 saturated heterocycles. The number of hydrogen-bond donors (Lipinski definition) is 3. The fourth-order valence-corrected chi connectivity index (χ4v) is 2.60. The summed E-state index contributed by atoms with van der Waals surface area (Å²) < 4.78 is 0. The zero-order valence-corrected chi connectivity index (χ0v) is 15.2. The van der Waals surface area contributed by atoms with Gasteiger partial charge in [0.2, 0.25) is 5.91 Å². The second-order valence-corrected chi connectivity index (χ2v) is 6.11. The van der Waals surface area contributed by atoms with E-state index in [0.717, 1.165) is 18.5 Å². The third kappa shape index (κ3) is 5.11. The van der Waals surface area contributed by atoms with Crippen molar-refractivity contribution in [1.82, 2.24) is 20.5 Å². The van der Waals surface area contributed by atoms with Crippen LogP contribution in [0.15, 0.2) is 42.0 Å². The molecule has 1 amide bonds. The standard InChI is InChI=1S/C19H27N5O/c1-5-10-20-19(23-13-17(25)24(3)4)21-11-9-15-12-22-16-8-6-7-14(2)18(15)16/h5-8,12,22H,1,9-11,13H2,2-4H3,(H2,20,21,23). The molecule has 0 bridgehead atoms. The van der Waals surface area contributed by atoms with Crippen LogP contribution >= 0.6 is 0 Å². The molecule has 0 atom stereocenters. The monoisotopic (exact) mass is 341 g/mol. The summed E-state index contributed by atoms with van der Waals surface area (Å²) in [5, 5.41) is 7.69. The molecule has 1 aromatic carbocycles. The van der Waals surface area contributed by atoms with E-state index in [1.54, 1.807) is 20.2 Å². The second kappa shape index (κ2) is 8.92. The van der Waals surface area contributed by atoms with Gasteiger partial charge in [-0.15, -0.1) is 6.58 Å². The lowest BCUT2D eigenvalue weighted by Gasteiger charge is -2.13. The summed E-state index contributed by atoms with van der Waals surface area (Å²) in [7, 11) is 3.45. The number of nitrogens with zero attached hydrogens (tertiary/aromatic N) is 2. The molecule has 0 aliphatic rings. The van der Waals surface area contributed by atoms with Gasteiger partial charge in [0.15, 0.2) is 5.96 Å². The zero-order chi connectivity index (χ0) is 18.2. The van der Waals surface area contributed by atoms with Crippen molar-refractivity contribution < 1.29 is 4.79 Å². The molecule has 0 spiro atoms. The van der Waals surface area contributed by atoms with E-state index < -0.39 is 0 Å². The molecule has 134 valence electrons. The number of benzene rings is 1. The van der Waals surface area contributed by atoms with Crippen molar-refractivity contribution >= 4 is 22.8 Å². The largest absolute Gasteiger partial charge is 0.361 e. The maximum atomic E-state index is 11.7. The highest BCUT2D eigenvalue weighted by Gasteiger charge is 2.07. The number of carbonyl (C=O) groups is 1. The van der Waals surface area contributed by atoms with E-state index in [2.05, 4.69) is 58.5 Å². The molecule has 6 nitrogen and oxygen atoms in total. The Morgan fingerprint density at radius 1 is 1.36 bits per heavy atom. The van der Waals surface area contributed by atoms with Crippen molar-refractivity contribution in [1.29, 1.82) is 0 Å². The van der Waals surface area contributed by atoms with Crippen LogP contribution < -0.4 is 10.6 Å². The third-order valence-corrected chi connectivity index (χ3v) is 3.97. The topological polar surface area (TPSA) is 72.5 Å². The van der Waals surface area contributed by atoms with Gasteiger partial charge in [-0.25, -0.2) is 4.99 Å². The number of hydrogen-bond acceptors (Lipinski definition) is 2. The highest BCUT2D eigenvalue weighted by Crippen LogP contribution is 2.22. The van der Waals surface area contributed by atoms with Crippen molar-refractivity contribution in [3.63, 3.8) is 0 Å². The number of aryl methyl sites for hydroxylation is 1. The van der Waals surface area contributed by atoms with Gasteiger partial charge in [-0.1, -0.05) is 18.2 Å². The average molecular weight is 341 g/mol. The number of aliphatic imine (C=N–C) groups is 1. The van der Waals surface area contributed by atoms with Crippen LogP contribution in [0, 0.1) is 6.92 Å². The maximum absolute atomic E-state index is 11.7. The molecular weight excluding hydrogens is 314 g/mol. The lowest BCUT2D eigenvalue weighted by atomic mass is 10.1. The Labute approximate surface area is 149 Å². The summed E-state index contributed by atoms with van der Waals surface area (Å²) in [5.74, 6) is 0.582. The van der Waals surface area contributed by atoms with Gasteiger partial charge in [-0.3, -0.25) is 4.79 Å². The Balaban J connectivity index is 1.98. The fraction of sp³-hybridized carbons (Fsp3) is 0.368. The van der Waals surface area contributed by atoms with Gasteiger partial charge in [0.05, 0.1) is 0 Å². The molecule has 1 aromatic heterocycles. The van der Waals surface area contributed by atoms with Crippen LogP contribution in [0.4, 0.5) is 0 Å². The van der Waals surface area contributed by atoms with Gasteiger partial charge in [-0.05, 0) is 30.5 Å². The number of amides is 1. The highest BCUT2D eigenvalue weighted by atomic mass is 16.2. The van der Waals surface area contributed by atoms with Gasteiger partial charge in [0.25, 0.3) is 0 Å². The van der Waals surface area contributed by atoms with Crippen LogP contribution in [0.5, 0.6) is 0 Å². The maximum Gasteiger partial charge on any atom is 0.243 e. The molecule has 6 heteroatoms. The minimum absolute atomic E-state index is 0.0352. The molecule has 0 aliphatic carbocycles. The summed E-state index contributed by atoms with van der Waals surface area (Å²) in [6, 6.07) is 6.27. The number of guanidine groups is 1. The minimum Gasteiger partial charge on any atom is -0.361 e. The Morgan fingerprint density at radius 2 is 2.16 bits per heavy atom. The normalized spacial score (nSPS) is 11.4.